The van der Waals surface area contributed by atoms with Gasteiger partial charge in [0.1, 0.15) is 12.2 Å². The zero-order valence-corrected chi connectivity index (χ0v) is 7.17. The highest BCUT2D eigenvalue weighted by Gasteiger charge is 2.42. The van der Waals surface area contributed by atoms with Gasteiger partial charge in [0.05, 0.1) is 12.6 Å². The molecule has 1 saturated heterocycles. The van der Waals surface area contributed by atoms with Crippen molar-refractivity contribution in [1.82, 2.24) is 5.32 Å². The van der Waals surface area contributed by atoms with Crippen LogP contribution >= 0.6 is 0 Å². The Morgan fingerprint density at radius 3 is 2.62 bits per heavy atom. The van der Waals surface area contributed by atoms with Gasteiger partial charge in [-0.05, 0) is 0 Å². The Hall–Kier alpha value is -0.690. The van der Waals surface area contributed by atoms with Gasteiger partial charge in [0.25, 0.3) is 0 Å². The molecular weight excluding hydrogens is 178 g/mol. The molecule has 4 N–H and O–H groups in total. The first-order valence-electron chi connectivity index (χ1n) is 3.96. The maximum atomic E-state index is 10.7. The number of carbonyl (C=O) groups is 1. The lowest BCUT2D eigenvalue weighted by atomic mass is 10.1. The standard InChI is InChI=1S/C7H13NO5/c1-3(10)8-5-4(2-9)13-7(12)6(5)11/h4-7,9,11-12H,2H2,1H3,(H,8,10)/t4-,5-,6+,7+/m1/s1. The average Bonchev–Trinajstić information content (AvgIpc) is 2.31. The van der Waals surface area contributed by atoms with Crippen LogP contribution in [0, 0.1) is 0 Å². The average molecular weight is 191 g/mol. The van der Waals surface area contributed by atoms with E-state index in [0.717, 1.165) is 0 Å². The van der Waals surface area contributed by atoms with Crippen LogP contribution < -0.4 is 5.32 Å². The molecule has 76 valence electrons. The SMILES string of the molecule is CC(=O)N[C@H]1[C@H](O)[C@@H](O)O[C@@H]1CO. The molecule has 1 rings (SSSR count). The second kappa shape index (κ2) is 4.01. The van der Waals surface area contributed by atoms with Gasteiger partial charge < -0.3 is 25.4 Å². The topological polar surface area (TPSA) is 99.0 Å². The largest absolute Gasteiger partial charge is 0.394 e. The van der Waals surface area contributed by atoms with Gasteiger partial charge in [-0.3, -0.25) is 4.79 Å². The van der Waals surface area contributed by atoms with Crippen LogP contribution in [0.15, 0.2) is 0 Å². The van der Waals surface area contributed by atoms with E-state index in [1.807, 2.05) is 0 Å². The van der Waals surface area contributed by atoms with Crippen molar-refractivity contribution in [3.05, 3.63) is 0 Å². The Kier molecular flexibility index (Phi) is 3.21. The summed E-state index contributed by atoms with van der Waals surface area (Å²) in [6.07, 6.45) is -3.30. The molecule has 0 aromatic carbocycles. The van der Waals surface area contributed by atoms with Crippen LogP contribution in [0.1, 0.15) is 6.92 Å². The van der Waals surface area contributed by atoms with Gasteiger partial charge in [0.15, 0.2) is 6.29 Å². The maximum absolute atomic E-state index is 10.7. The van der Waals surface area contributed by atoms with Crippen molar-refractivity contribution in [2.75, 3.05) is 6.61 Å². The molecule has 0 bridgehead atoms. The molecule has 0 aromatic heterocycles. The molecule has 0 radical (unpaired) electrons. The van der Waals surface area contributed by atoms with Crippen LogP contribution in [-0.4, -0.2) is 52.4 Å². The Bertz CT molecular complexity index is 197. The van der Waals surface area contributed by atoms with Crippen LogP contribution in [0.3, 0.4) is 0 Å². The predicted octanol–water partition coefficient (Wildman–Crippen LogP) is -2.44. The number of ether oxygens (including phenoxy) is 1. The number of nitrogens with one attached hydrogen (secondary N) is 1. The number of hydrogen-bond acceptors (Lipinski definition) is 5. The van der Waals surface area contributed by atoms with Gasteiger partial charge >= 0.3 is 0 Å². The smallest absolute Gasteiger partial charge is 0.217 e. The van der Waals surface area contributed by atoms with Gasteiger partial charge in [-0.25, -0.2) is 0 Å². The fraction of sp³-hybridized carbons (Fsp3) is 0.857. The van der Waals surface area contributed by atoms with Crippen molar-refractivity contribution in [1.29, 1.82) is 0 Å². The molecule has 0 aliphatic carbocycles. The van der Waals surface area contributed by atoms with E-state index in [-0.39, 0.29) is 12.5 Å². The molecule has 1 fully saturated rings. The molecule has 6 nitrogen and oxygen atoms in total. The molecule has 0 unspecified atom stereocenters. The second-order valence-electron chi connectivity index (χ2n) is 2.96. The molecule has 6 heteroatoms. The summed E-state index contributed by atoms with van der Waals surface area (Å²) in [5, 5.41) is 29.5. The normalized spacial score (nSPS) is 39.1. The van der Waals surface area contributed by atoms with Gasteiger partial charge in [-0.15, -0.1) is 0 Å². The molecule has 0 spiro atoms. The molecular formula is C7H13NO5. The van der Waals surface area contributed by atoms with E-state index < -0.39 is 24.5 Å². The third-order valence-corrected chi connectivity index (χ3v) is 1.92. The summed E-state index contributed by atoms with van der Waals surface area (Å²) in [6, 6.07) is -0.752. The lowest BCUT2D eigenvalue weighted by molar-refractivity contribution is -0.132. The number of hydrogen-bond donors (Lipinski definition) is 4. The zero-order chi connectivity index (χ0) is 10.0. The first kappa shape index (κ1) is 10.4. The van der Waals surface area contributed by atoms with Crippen LogP contribution in [0.4, 0.5) is 0 Å². The minimum atomic E-state index is -1.35. The summed E-state index contributed by atoms with van der Waals surface area (Å²) in [4.78, 5) is 10.7. The number of carbonyl (C=O) groups excluding carboxylic acids is 1. The third kappa shape index (κ3) is 2.16. The number of aliphatic hydroxyl groups is 3. The highest BCUT2D eigenvalue weighted by atomic mass is 16.6. The first-order chi connectivity index (χ1) is 6.06. The van der Waals surface area contributed by atoms with Crippen molar-refractivity contribution in [3.8, 4) is 0 Å². The summed E-state index contributed by atoms with van der Waals surface area (Å²) in [6.45, 7) is 0.922. The number of rotatable bonds is 2. The fourth-order valence-electron chi connectivity index (χ4n) is 1.31. The molecule has 1 heterocycles. The number of aliphatic hydroxyl groups excluding tert-OH is 3. The number of amides is 1. The van der Waals surface area contributed by atoms with E-state index in [1.54, 1.807) is 0 Å². The van der Waals surface area contributed by atoms with Gasteiger partial charge in [-0.2, -0.15) is 0 Å². The summed E-state index contributed by atoms with van der Waals surface area (Å²) in [5.74, 6) is -0.347. The van der Waals surface area contributed by atoms with Crippen molar-refractivity contribution in [3.63, 3.8) is 0 Å². The highest BCUT2D eigenvalue weighted by Crippen LogP contribution is 2.18. The Labute approximate surface area is 75.1 Å². The van der Waals surface area contributed by atoms with Crippen molar-refractivity contribution in [2.24, 2.45) is 0 Å². The van der Waals surface area contributed by atoms with Crippen LogP contribution in [0.5, 0.6) is 0 Å². The fourth-order valence-corrected chi connectivity index (χ4v) is 1.31. The molecule has 1 aliphatic rings. The van der Waals surface area contributed by atoms with Gasteiger partial charge in [0, 0.05) is 6.92 Å². The summed E-state index contributed by atoms with van der Waals surface area (Å²) in [7, 11) is 0. The highest BCUT2D eigenvalue weighted by molar-refractivity contribution is 5.73. The van der Waals surface area contributed by atoms with Crippen LogP contribution in [0.2, 0.25) is 0 Å². The van der Waals surface area contributed by atoms with Crippen LogP contribution in [0.25, 0.3) is 0 Å². The third-order valence-electron chi connectivity index (χ3n) is 1.92. The molecule has 0 aromatic rings. The van der Waals surface area contributed by atoms with Gasteiger partial charge in [-0.1, -0.05) is 0 Å². The second-order valence-corrected chi connectivity index (χ2v) is 2.96. The quantitative estimate of drug-likeness (QED) is 0.388. The van der Waals surface area contributed by atoms with E-state index in [4.69, 9.17) is 14.9 Å². The van der Waals surface area contributed by atoms with E-state index in [1.165, 1.54) is 6.92 Å². The summed E-state index contributed by atoms with van der Waals surface area (Å²) in [5.41, 5.74) is 0. The molecule has 1 amide bonds. The molecule has 0 saturated carbocycles. The van der Waals surface area contributed by atoms with Crippen molar-refractivity contribution in [2.45, 2.75) is 31.5 Å². The summed E-state index contributed by atoms with van der Waals surface area (Å²) >= 11 is 0. The molecule has 1 aliphatic heterocycles. The zero-order valence-electron chi connectivity index (χ0n) is 7.17. The minimum Gasteiger partial charge on any atom is -0.394 e. The molecule has 13 heavy (non-hydrogen) atoms. The lowest BCUT2D eigenvalue weighted by Gasteiger charge is -2.18. The maximum Gasteiger partial charge on any atom is 0.217 e. The predicted molar refractivity (Wildman–Crippen MR) is 41.6 cm³/mol. The van der Waals surface area contributed by atoms with E-state index >= 15 is 0 Å². The van der Waals surface area contributed by atoms with E-state index in [9.17, 15) is 9.90 Å². The van der Waals surface area contributed by atoms with E-state index in [0.29, 0.717) is 0 Å². The van der Waals surface area contributed by atoms with Crippen LogP contribution in [-0.2, 0) is 9.53 Å². The van der Waals surface area contributed by atoms with Gasteiger partial charge in [0.2, 0.25) is 5.91 Å². The Morgan fingerprint density at radius 1 is 1.54 bits per heavy atom. The van der Waals surface area contributed by atoms with Crippen molar-refractivity contribution < 1.29 is 24.9 Å². The Morgan fingerprint density at radius 2 is 2.15 bits per heavy atom. The summed E-state index contributed by atoms with van der Waals surface area (Å²) < 4.78 is 4.78. The Balaban J connectivity index is 2.62. The molecule has 4 atom stereocenters. The minimum absolute atomic E-state index is 0.347. The van der Waals surface area contributed by atoms with E-state index in [2.05, 4.69) is 5.32 Å². The van der Waals surface area contributed by atoms with Crippen molar-refractivity contribution >= 4 is 5.91 Å². The lowest BCUT2D eigenvalue weighted by Crippen LogP contribution is -2.47. The monoisotopic (exact) mass is 191 g/mol. The first-order valence-corrected chi connectivity index (χ1v) is 3.96.